The topological polar surface area (TPSA) is 12.0 Å². The van der Waals surface area contributed by atoms with Crippen molar-refractivity contribution in [1.82, 2.24) is 0 Å². The van der Waals surface area contributed by atoms with Gasteiger partial charge in [0.15, 0.2) is 0 Å². The highest BCUT2D eigenvalue weighted by Gasteiger charge is 2.21. The van der Waals surface area contributed by atoms with E-state index in [-0.39, 0.29) is 5.82 Å². The van der Waals surface area contributed by atoms with Gasteiger partial charge in [0.1, 0.15) is 5.82 Å². The molecular weight excluding hydrogens is 233 g/mol. The number of fused-ring (bicyclic) bond motifs is 1. The molecule has 1 aliphatic rings. The molecule has 1 atom stereocenters. The van der Waals surface area contributed by atoms with Crippen LogP contribution in [0.5, 0.6) is 0 Å². The normalized spacial score (nSPS) is 20.7. The van der Waals surface area contributed by atoms with Gasteiger partial charge >= 0.3 is 0 Å². The molecule has 13 heavy (non-hydrogen) atoms. The zero-order valence-electron chi connectivity index (χ0n) is 7.40. The summed E-state index contributed by atoms with van der Waals surface area (Å²) in [6.45, 7) is 3.00. The first kappa shape index (κ1) is 9.00. The largest absolute Gasteiger partial charge is 0.385 e. The van der Waals surface area contributed by atoms with Gasteiger partial charge in [-0.3, -0.25) is 0 Å². The van der Waals surface area contributed by atoms with Crippen molar-refractivity contribution in [3.8, 4) is 0 Å². The third kappa shape index (κ3) is 1.46. The Morgan fingerprint density at radius 3 is 3.08 bits per heavy atom. The molecule has 1 aromatic carbocycles. The Morgan fingerprint density at radius 2 is 2.31 bits per heavy atom. The summed E-state index contributed by atoms with van der Waals surface area (Å²) >= 11 is 3.20. The lowest BCUT2D eigenvalue weighted by Crippen LogP contribution is -2.16. The van der Waals surface area contributed by atoms with Crippen LogP contribution in [0.2, 0.25) is 0 Å². The van der Waals surface area contributed by atoms with Gasteiger partial charge in [-0.2, -0.15) is 0 Å². The summed E-state index contributed by atoms with van der Waals surface area (Å²) in [5.74, 6) is 0.200. The van der Waals surface area contributed by atoms with Gasteiger partial charge in [-0.25, -0.2) is 4.39 Å². The van der Waals surface area contributed by atoms with Crippen molar-refractivity contribution in [2.75, 3.05) is 11.9 Å². The molecule has 0 saturated carbocycles. The number of rotatable bonds is 0. The van der Waals surface area contributed by atoms with Gasteiger partial charge in [0.2, 0.25) is 0 Å². The van der Waals surface area contributed by atoms with E-state index in [0.717, 1.165) is 24.2 Å². The van der Waals surface area contributed by atoms with Gasteiger partial charge in [0, 0.05) is 17.8 Å². The first-order valence-electron chi connectivity index (χ1n) is 4.42. The Labute approximate surface area is 85.5 Å². The number of anilines is 1. The molecule has 70 valence electrons. The van der Waals surface area contributed by atoms with E-state index in [1.807, 2.05) is 6.07 Å². The lowest BCUT2D eigenvalue weighted by atomic mass is 9.92. The summed E-state index contributed by atoms with van der Waals surface area (Å²) in [6, 6.07) is 3.68. The van der Waals surface area contributed by atoms with Crippen LogP contribution in [-0.2, 0) is 0 Å². The number of hydrogen-bond donors (Lipinski definition) is 1. The Balaban J connectivity index is 2.58. The van der Waals surface area contributed by atoms with Crippen LogP contribution in [0, 0.1) is 5.82 Å². The minimum Gasteiger partial charge on any atom is -0.385 e. The van der Waals surface area contributed by atoms with E-state index in [1.165, 1.54) is 0 Å². The molecule has 0 amide bonds. The summed E-state index contributed by atoms with van der Waals surface area (Å²) < 4.78 is 14.2. The van der Waals surface area contributed by atoms with Crippen molar-refractivity contribution >= 4 is 21.6 Å². The second-order valence-corrected chi connectivity index (χ2v) is 4.29. The molecule has 1 heterocycles. The van der Waals surface area contributed by atoms with Gasteiger partial charge in [-0.05, 0) is 40.4 Å². The van der Waals surface area contributed by atoms with E-state index >= 15 is 0 Å². The number of hydrogen-bond acceptors (Lipinski definition) is 1. The Kier molecular flexibility index (Phi) is 2.28. The molecule has 3 heteroatoms. The van der Waals surface area contributed by atoms with Crippen molar-refractivity contribution in [2.45, 2.75) is 19.3 Å². The minimum absolute atomic E-state index is 0.114. The van der Waals surface area contributed by atoms with Crippen LogP contribution >= 0.6 is 15.9 Å². The summed E-state index contributed by atoms with van der Waals surface area (Å²) in [4.78, 5) is 0. The fourth-order valence-electron chi connectivity index (χ4n) is 1.77. The average molecular weight is 244 g/mol. The first-order valence-corrected chi connectivity index (χ1v) is 5.21. The number of nitrogens with one attached hydrogen (secondary N) is 1. The molecular formula is C10H11BrFN. The van der Waals surface area contributed by atoms with E-state index in [1.54, 1.807) is 6.07 Å². The maximum atomic E-state index is 13.6. The predicted octanol–water partition coefficient (Wildman–Crippen LogP) is 3.51. The SMILES string of the molecule is C[C@@H]1CCNc2ccc(Br)c(F)c21. The van der Waals surface area contributed by atoms with Crippen LogP contribution in [0.4, 0.5) is 10.1 Å². The van der Waals surface area contributed by atoms with Crippen LogP contribution in [0.15, 0.2) is 16.6 Å². The molecule has 1 aliphatic heterocycles. The molecule has 0 unspecified atom stereocenters. The van der Waals surface area contributed by atoms with E-state index in [9.17, 15) is 4.39 Å². The molecule has 0 bridgehead atoms. The Bertz CT molecular complexity index is 338. The van der Waals surface area contributed by atoms with E-state index < -0.39 is 0 Å². The lowest BCUT2D eigenvalue weighted by Gasteiger charge is -2.24. The highest BCUT2D eigenvalue weighted by atomic mass is 79.9. The van der Waals surface area contributed by atoms with E-state index in [4.69, 9.17) is 0 Å². The van der Waals surface area contributed by atoms with Crippen molar-refractivity contribution in [3.05, 3.63) is 28.0 Å². The quantitative estimate of drug-likeness (QED) is 0.736. The van der Waals surface area contributed by atoms with E-state index in [0.29, 0.717) is 10.4 Å². The fraction of sp³-hybridized carbons (Fsp3) is 0.400. The number of benzene rings is 1. The molecule has 0 saturated heterocycles. The van der Waals surface area contributed by atoms with Crippen molar-refractivity contribution in [3.63, 3.8) is 0 Å². The molecule has 0 aliphatic carbocycles. The van der Waals surface area contributed by atoms with E-state index in [2.05, 4.69) is 28.2 Å². The van der Waals surface area contributed by atoms with Crippen LogP contribution in [0.3, 0.4) is 0 Å². The van der Waals surface area contributed by atoms with Crippen LogP contribution in [0.25, 0.3) is 0 Å². The van der Waals surface area contributed by atoms with Gasteiger partial charge < -0.3 is 5.32 Å². The molecule has 1 nitrogen and oxygen atoms in total. The Hall–Kier alpha value is -0.570. The highest BCUT2D eigenvalue weighted by Crippen LogP contribution is 2.36. The Morgan fingerprint density at radius 1 is 1.54 bits per heavy atom. The molecule has 1 aromatic rings. The monoisotopic (exact) mass is 243 g/mol. The minimum atomic E-state index is -0.114. The fourth-order valence-corrected chi connectivity index (χ4v) is 2.12. The van der Waals surface area contributed by atoms with Crippen LogP contribution in [0.1, 0.15) is 24.8 Å². The summed E-state index contributed by atoms with van der Waals surface area (Å²) in [7, 11) is 0. The molecule has 0 fully saturated rings. The first-order chi connectivity index (χ1) is 6.20. The molecule has 2 rings (SSSR count). The summed E-state index contributed by atoms with van der Waals surface area (Å²) in [5, 5.41) is 3.20. The molecule has 1 N–H and O–H groups in total. The number of halogens is 2. The molecule has 0 radical (unpaired) electrons. The van der Waals surface area contributed by atoms with Crippen molar-refractivity contribution < 1.29 is 4.39 Å². The molecule has 0 aromatic heterocycles. The second kappa shape index (κ2) is 3.29. The zero-order valence-corrected chi connectivity index (χ0v) is 8.99. The van der Waals surface area contributed by atoms with Gasteiger partial charge in [0.25, 0.3) is 0 Å². The summed E-state index contributed by atoms with van der Waals surface area (Å²) in [6.07, 6.45) is 1.00. The van der Waals surface area contributed by atoms with Crippen LogP contribution in [-0.4, -0.2) is 6.54 Å². The standard InChI is InChI=1S/C10H11BrFN/c1-6-4-5-13-8-3-2-7(11)10(12)9(6)8/h2-3,6,13H,4-5H2,1H3/t6-/m1/s1. The van der Waals surface area contributed by atoms with Crippen LogP contribution < -0.4 is 5.32 Å². The lowest BCUT2D eigenvalue weighted by molar-refractivity contribution is 0.566. The molecule has 0 spiro atoms. The smallest absolute Gasteiger partial charge is 0.142 e. The third-order valence-electron chi connectivity index (χ3n) is 2.52. The van der Waals surface area contributed by atoms with Crippen molar-refractivity contribution in [2.24, 2.45) is 0 Å². The second-order valence-electron chi connectivity index (χ2n) is 3.44. The maximum Gasteiger partial charge on any atom is 0.142 e. The highest BCUT2D eigenvalue weighted by molar-refractivity contribution is 9.10. The summed E-state index contributed by atoms with van der Waals surface area (Å²) in [5.41, 5.74) is 1.76. The van der Waals surface area contributed by atoms with Gasteiger partial charge in [0.05, 0.1) is 4.47 Å². The zero-order chi connectivity index (χ0) is 9.42. The van der Waals surface area contributed by atoms with Gasteiger partial charge in [-0.1, -0.05) is 6.92 Å². The van der Waals surface area contributed by atoms with Gasteiger partial charge in [-0.15, -0.1) is 0 Å². The predicted molar refractivity (Wildman–Crippen MR) is 55.6 cm³/mol. The average Bonchev–Trinajstić information content (AvgIpc) is 2.12. The maximum absolute atomic E-state index is 13.6. The van der Waals surface area contributed by atoms with Crippen molar-refractivity contribution in [1.29, 1.82) is 0 Å². The third-order valence-corrected chi connectivity index (χ3v) is 3.13.